The van der Waals surface area contributed by atoms with Crippen molar-refractivity contribution in [2.24, 2.45) is 0 Å². The molecular weight excluding hydrogens is 404 g/mol. The summed E-state index contributed by atoms with van der Waals surface area (Å²) >= 11 is 0. The van der Waals surface area contributed by atoms with Crippen molar-refractivity contribution in [3.63, 3.8) is 0 Å². The van der Waals surface area contributed by atoms with E-state index in [-0.39, 0.29) is 24.1 Å². The number of imide groups is 1. The normalized spacial score (nSPS) is 22.3. The summed E-state index contributed by atoms with van der Waals surface area (Å²) in [5.41, 5.74) is 4.35. The number of aryl methyl sites for hydroxylation is 1. The fourth-order valence-electron chi connectivity index (χ4n) is 5.31. The molecule has 1 aromatic heterocycles. The Morgan fingerprint density at radius 2 is 1.88 bits per heavy atom. The number of carbonyl (C=O) groups excluding carboxylic acids is 3. The third-order valence-electron chi connectivity index (χ3n) is 7.19. The third-order valence-corrected chi connectivity index (χ3v) is 7.19. The van der Waals surface area contributed by atoms with Crippen LogP contribution in [-0.2, 0) is 29.2 Å². The number of carbonyl (C=O) groups is 3. The van der Waals surface area contributed by atoms with Crippen LogP contribution in [0.25, 0.3) is 0 Å². The van der Waals surface area contributed by atoms with Crippen LogP contribution in [0, 0.1) is 0 Å². The van der Waals surface area contributed by atoms with Crippen LogP contribution in [-0.4, -0.2) is 51.2 Å². The molecule has 0 spiro atoms. The summed E-state index contributed by atoms with van der Waals surface area (Å²) in [5.74, 6) is -0.220. The van der Waals surface area contributed by atoms with Gasteiger partial charge in [0.15, 0.2) is 0 Å². The van der Waals surface area contributed by atoms with Crippen molar-refractivity contribution >= 4 is 17.7 Å². The first-order valence-corrected chi connectivity index (χ1v) is 11.7. The molecule has 4 heterocycles. The van der Waals surface area contributed by atoms with Crippen LogP contribution in [0.4, 0.5) is 0 Å². The van der Waals surface area contributed by atoms with Crippen molar-refractivity contribution in [1.82, 2.24) is 19.7 Å². The number of fused-ring (bicyclic) bond motifs is 1. The van der Waals surface area contributed by atoms with Crippen molar-refractivity contribution in [3.05, 3.63) is 58.9 Å². The Hall–Kier alpha value is -2.93. The fraction of sp³-hybridized carbons (Fsp3) is 0.480. The predicted octanol–water partition coefficient (Wildman–Crippen LogP) is 2.65. The van der Waals surface area contributed by atoms with E-state index in [1.165, 1.54) is 11.1 Å². The van der Waals surface area contributed by atoms with Crippen LogP contribution in [0.2, 0.25) is 0 Å². The van der Waals surface area contributed by atoms with Crippen molar-refractivity contribution in [2.45, 2.75) is 64.2 Å². The number of amides is 3. The number of nitrogens with one attached hydrogen (secondary N) is 1. The quantitative estimate of drug-likeness (QED) is 0.735. The van der Waals surface area contributed by atoms with Crippen molar-refractivity contribution in [1.29, 1.82) is 0 Å². The summed E-state index contributed by atoms with van der Waals surface area (Å²) in [6.45, 7) is 6.75. The molecule has 0 bridgehead atoms. The predicted molar refractivity (Wildman–Crippen MR) is 120 cm³/mol. The van der Waals surface area contributed by atoms with E-state index in [0.29, 0.717) is 24.4 Å². The second-order valence-electron chi connectivity index (χ2n) is 9.22. The summed E-state index contributed by atoms with van der Waals surface area (Å²) in [6.07, 6.45) is 7.28. The van der Waals surface area contributed by atoms with Gasteiger partial charge in [-0.25, -0.2) is 0 Å². The maximum absolute atomic E-state index is 12.9. The first kappa shape index (κ1) is 20.9. The molecule has 0 radical (unpaired) electrons. The number of rotatable bonds is 5. The molecule has 1 N–H and O–H groups in total. The van der Waals surface area contributed by atoms with Gasteiger partial charge in [0.05, 0.1) is 0 Å². The van der Waals surface area contributed by atoms with E-state index in [2.05, 4.69) is 52.3 Å². The summed E-state index contributed by atoms with van der Waals surface area (Å²) in [4.78, 5) is 40.8. The van der Waals surface area contributed by atoms with E-state index in [0.717, 1.165) is 44.6 Å². The van der Waals surface area contributed by atoms with Crippen molar-refractivity contribution < 1.29 is 14.4 Å². The van der Waals surface area contributed by atoms with E-state index >= 15 is 0 Å². The monoisotopic (exact) mass is 434 g/mol. The second-order valence-corrected chi connectivity index (χ2v) is 9.22. The third kappa shape index (κ3) is 3.97. The number of hydrogen-bond donors (Lipinski definition) is 1. The summed E-state index contributed by atoms with van der Waals surface area (Å²) in [5, 5.41) is 2.36. The molecular formula is C25H30N4O3. The Balaban J connectivity index is 1.22. The highest BCUT2D eigenvalue weighted by molar-refractivity contribution is 6.05. The molecule has 2 saturated heterocycles. The van der Waals surface area contributed by atoms with Crippen LogP contribution in [0.5, 0.6) is 0 Å². The van der Waals surface area contributed by atoms with Crippen molar-refractivity contribution in [3.8, 4) is 0 Å². The zero-order valence-corrected chi connectivity index (χ0v) is 18.5. The molecule has 168 valence electrons. The van der Waals surface area contributed by atoms with Gasteiger partial charge in [-0.15, -0.1) is 0 Å². The Morgan fingerprint density at radius 3 is 2.59 bits per heavy atom. The van der Waals surface area contributed by atoms with Crippen LogP contribution >= 0.6 is 0 Å². The van der Waals surface area contributed by atoms with Gasteiger partial charge in [-0.3, -0.25) is 24.6 Å². The van der Waals surface area contributed by atoms with E-state index in [4.69, 9.17) is 0 Å². The van der Waals surface area contributed by atoms with Gasteiger partial charge in [0.25, 0.3) is 5.91 Å². The minimum absolute atomic E-state index is 0.102. The molecule has 1 unspecified atom stereocenters. The van der Waals surface area contributed by atoms with Crippen LogP contribution in [0.1, 0.15) is 65.6 Å². The van der Waals surface area contributed by atoms with Gasteiger partial charge < -0.3 is 9.47 Å². The standard InChI is InChI=1S/C25H30N4O3/c1-2-27-10-7-17(14-27)15-28-11-8-18(9-12-28)19-3-4-21-20(13-19)16-29(25(21)32)22-5-6-23(30)26-24(22)31/h3-4,7,10,13-14,18,22H,2,5-6,8-9,11-12,15-16H2,1H3,(H,26,30,31). The Kier molecular flexibility index (Phi) is 5.59. The Morgan fingerprint density at radius 1 is 1.06 bits per heavy atom. The molecule has 2 aromatic rings. The minimum atomic E-state index is -0.554. The molecule has 0 aliphatic carbocycles. The highest BCUT2D eigenvalue weighted by Gasteiger charge is 2.39. The van der Waals surface area contributed by atoms with E-state index in [1.807, 2.05) is 6.07 Å². The first-order valence-electron chi connectivity index (χ1n) is 11.7. The number of nitrogens with zero attached hydrogens (tertiary/aromatic N) is 3. The number of likely N-dealkylation sites (tertiary alicyclic amines) is 1. The lowest BCUT2D eigenvalue weighted by molar-refractivity contribution is -0.136. The molecule has 32 heavy (non-hydrogen) atoms. The summed E-state index contributed by atoms with van der Waals surface area (Å²) < 4.78 is 2.21. The lowest BCUT2D eigenvalue weighted by Gasteiger charge is -2.32. The largest absolute Gasteiger partial charge is 0.354 e. The molecule has 5 rings (SSSR count). The lowest BCUT2D eigenvalue weighted by Crippen LogP contribution is -2.52. The Bertz CT molecular complexity index is 1050. The SMILES string of the molecule is CCn1ccc(CN2CCC(c3ccc4c(c3)CN(C3CCC(=O)NC3=O)C4=O)CC2)c1. The molecule has 1 atom stereocenters. The smallest absolute Gasteiger partial charge is 0.255 e. The highest BCUT2D eigenvalue weighted by Crippen LogP contribution is 2.33. The summed E-state index contributed by atoms with van der Waals surface area (Å²) in [7, 11) is 0. The number of hydrogen-bond acceptors (Lipinski definition) is 4. The Labute approximate surface area is 188 Å². The van der Waals surface area contributed by atoms with Gasteiger partial charge in [0.1, 0.15) is 6.04 Å². The maximum Gasteiger partial charge on any atom is 0.255 e. The van der Waals surface area contributed by atoms with Crippen LogP contribution in [0.3, 0.4) is 0 Å². The molecule has 3 aliphatic rings. The van der Waals surface area contributed by atoms with Crippen molar-refractivity contribution in [2.75, 3.05) is 13.1 Å². The first-order chi connectivity index (χ1) is 15.5. The van der Waals surface area contributed by atoms with E-state index in [9.17, 15) is 14.4 Å². The second kappa shape index (κ2) is 8.54. The highest BCUT2D eigenvalue weighted by atomic mass is 16.2. The topological polar surface area (TPSA) is 74.7 Å². The van der Waals surface area contributed by atoms with Gasteiger partial charge >= 0.3 is 0 Å². The number of benzene rings is 1. The molecule has 7 nitrogen and oxygen atoms in total. The van der Waals surface area contributed by atoms with Gasteiger partial charge in [-0.05, 0) is 74.0 Å². The van der Waals surface area contributed by atoms with Crippen LogP contribution in [0.15, 0.2) is 36.7 Å². The van der Waals surface area contributed by atoms with Gasteiger partial charge in [0, 0.05) is 44.0 Å². The zero-order valence-electron chi connectivity index (χ0n) is 18.5. The van der Waals surface area contributed by atoms with Gasteiger partial charge in [-0.1, -0.05) is 12.1 Å². The molecule has 1 aromatic carbocycles. The van der Waals surface area contributed by atoms with E-state index in [1.54, 1.807) is 4.90 Å². The number of aromatic nitrogens is 1. The molecule has 7 heteroatoms. The van der Waals surface area contributed by atoms with E-state index < -0.39 is 6.04 Å². The molecule has 2 fully saturated rings. The average Bonchev–Trinajstić information content (AvgIpc) is 3.38. The summed E-state index contributed by atoms with van der Waals surface area (Å²) in [6, 6.07) is 7.84. The zero-order chi connectivity index (χ0) is 22.2. The maximum atomic E-state index is 12.9. The average molecular weight is 435 g/mol. The molecule has 3 aliphatic heterocycles. The van der Waals surface area contributed by atoms with Gasteiger partial charge in [-0.2, -0.15) is 0 Å². The van der Waals surface area contributed by atoms with Crippen LogP contribution < -0.4 is 5.32 Å². The fourth-order valence-corrected chi connectivity index (χ4v) is 5.31. The molecule has 3 amide bonds. The molecule has 0 saturated carbocycles. The minimum Gasteiger partial charge on any atom is -0.354 e. The lowest BCUT2D eigenvalue weighted by atomic mass is 9.88. The van der Waals surface area contributed by atoms with Gasteiger partial charge in [0.2, 0.25) is 11.8 Å². The number of piperidine rings is 2.